The zero-order valence-electron chi connectivity index (χ0n) is 16.7. The van der Waals surface area contributed by atoms with Crippen molar-refractivity contribution < 1.29 is 23.5 Å². The third-order valence-corrected chi connectivity index (χ3v) is 4.84. The smallest absolute Gasteiger partial charge is 0.262 e. The SMILES string of the molecule is CCC(=O)c1ccc(OCC(=O)Nc2cc3oc4ccccc4c3cc2OC)cc1. The molecule has 1 amide bonds. The lowest BCUT2D eigenvalue weighted by atomic mass is 10.1. The van der Waals surface area contributed by atoms with Crippen LogP contribution in [0.15, 0.2) is 65.1 Å². The van der Waals surface area contributed by atoms with Gasteiger partial charge in [-0.05, 0) is 36.4 Å². The average molecular weight is 403 g/mol. The van der Waals surface area contributed by atoms with Crippen molar-refractivity contribution in [3.05, 3.63) is 66.2 Å². The number of carbonyl (C=O) groups excluding carboxylic acids is 2. The quantitative estimate of drug-likeness (QED) is 0.429. The van der Waals surface area contributed by atoms with Crippen molar-refractivity contribution in [2.45, 2.75) is 13.3 Å². The summed E-state index contributed by atoms with van der Waals surface area (Å²) >= 11 is 0. The molecule has 0 saturated carbocycles. The van der Waals surface area contributed by atoms with E-state index < -0.39 is 0 Å². The van der Waals surface area contributed by atoms with Gasteiger partial charge in [-0.2, -0.15) is 0 Å². The summed E-state index contributed by atoms with van der Waals surface area (Å²) < 4.78 is 16.9. The van der Waals surface area contributed by atoms with E-state index in [0.29, 0.717) is 34.8 Å². The molecule has 30 heavy (non-hydrogen) atoms. The molecule has 1 heterocycles. The molecule has 0 saturated heterocycles. The van der Waals surface area contributed by atoms with Gasteiger partial charge in [0, 0.05) is 28.8 Å². The molecule has 0 radical (unpaired) electrons. The van der Waals surface area contributed by atoms with Crippen molar-refractivity contribution in [2.24, 2.45) is 0 Å². The van der Waals surface area contributed by atoms with Gasteiger partial charge < -0.3 is 19.2 Å². The highest BCUT2D eigenvalue weighted by molar-refractivity contribution is 6.07. The average Bonchev–Trinajstić information content (AvgIpc) is 3.14. The number of anilines is 1. The first-order chi connectivity index (χ1) is 14.6. The van der Waals surface area contributed by atoms with E-state index in [1.807, 2.05) is 37.3 Å². The Labute approximate surface area is 173 Å². The second-order valence-electron chi connectivity index (χ2n) is 6.78. The van der Waals surface area contributed by atoms with Crippen LogP contribution in [0.5, 0.6) is 11.5 Å². The molecule has 4 rings (SSSR count). The first-order valence-electron chi connectivity index (χ1n) is 9.64. The summed E-state index contributed by atoms with van der Waals surface area (Å²) in [4.78, 5) is 24.1. The maximum Gasteiger partial charge on any atom is 0.262 e. The van der Waals surface area contributed by atoms with Crippen molar-refractivity contribution in [1.29, 1.82) is 0 Å². The first kappa shape index (κ1) is 19.5. The van der Waals surface area contributed by atoms with Crippen LogP contribution in [0.2, 0.25) is 0 Å². The molecular formula is C24H21NO5. The summed E-state index contributed by atoms with van der Waals surface area (Å²) in [6.45, 7) is 1.64. The van der Waals surface area contributed by atoms with Gasteiger partial charge in [-0.1, -0.05) is 25.1 Å². The van der Waals surface area contributed by atoms with E-state index in [1.54, 1.807) is 37.4 Å². The molecule has 0 aliphatic carbocycles. The molecule has 0 aliphatic rings. The molecule has 0 fully saturated rings. The minimum atomic E-state index is -0.336. The number of hydrogen-bond donors (Lipinski definition) is 1. The monoisotopic (exact) mass is 403 g/mol. The van der Waals surface area contributed by atoms with Crippen LogP contribution in [0.3, 0.4) is 0 Å². The number of para-hydroxylation sites is 1. The van der Waals surface area contributed by atoms with E-state index in [1.165, 1.54) is 0 Å². The van der Waals surface area contributed by atoms with E-state index in [-0.39, 0.29) is 18.3 Å². The van der Waals surface area contributed by atoms with Gasteiger partial charge in [0.15, 0.2) is 12.4 Å². The fourth-order valence-corrected chi connectivity index (χ4v) is 3.29. The molecule has 152 valence electrons. The number of ketones is 1. The van der Waals surface area contributed by atoms with Gasteiger partial charge in [0.05, 0.1) is 12.8 Å². The molecule has 1 aromatic heterocycles. The molecule has 4 aromatic rings. The molecule has 0 atom stereocenters. The standard InChI is InChI=1S/C24H21NO5/c1-3-20(26)15-8-10-16(11-9-15)29-14-24(27)25-19-13-22-18(12-23(19)28-2)17-6-4-5-7-21(17)30-22/h4-13H,3,14H2,1-2H3,(H,25,27). The van der Waals surface area contributed by atoms with E-state index in [9.17, 15) is 9.59 Å². The largest absolute Gasteiger partial charge is 0.495 e. The first-order valence-corrected chi connectivity index (χ1v) is 9.64. The van der Waals surface area contributed by atoms with Crippen molar-refractivity contribution in [1.82, 2.24) is 0 Å². The van der Waals surface area contributed by atoms with Crippen LogP contribution < -0.4 is 14.8 Å². The highest BCUT2D eigenvalue weighted by atomic mass is 16.5. The molecule has 0 aliphatic heterocycles. The van der Waals surface area contributed by atoms with Crippen LogP contribution in [0, 0.1) is 0 Å². The number of nitrogens with one attached hydrogen (secondary N) is 1. The van der Waals surface area contributed by atoms with Crippen LogP contribution in [-0.2, 0) is 4.79 Å². The Bertz CT molecular complexity index is 1220. The molecule has 0 bridgehead atoms. The fraction of sp³-hybridized carbons (Fsp3) is 0.167. The van der Waals surface area contributed by atoms with Gasteiger partial charge in [-0.15, -0.1) is 0 Å². The Kier molecular flexibility index (Phi) is 5.39. The number of fused-ring (bicyclic) bond motifs is 3. The Morgan fingerprint density at radius 2 is 1.73 bits per heavy atom. The summed E-state index contributed by atoms with van der Waals surface area (Å²) in [5.41, 5.74) is 2.55. The maximum atomic E-state index is 12.4. The number of rotatable bonds is 7. The molecule has 0 spiro atoms. The minimum absolute atomic E-state index is 0.0624. The number of carbonyl (C=O) groups is 2. The van der Waals surface area contributed by atoms with Gasteiger partial charge in [0.25, 0.3) is 5.91 Å². The topological polar surface area (TPSA) is 77.8 Å². The van der Waals surface area contributed by atoms with Gasteiger partial charge in [-0.3, -0.25) is 9.59 Å². The Morgan fingerprint density at radius 1 is 0.967 bits per heavy atom. The molecule has 1 N–H and O–H groups in total. The zero-order chi connectivity index (χ0) is 21.1. The van der Waals surface area contributed by atoms with Crippen molar-refractivity contribution in [2.75, 3.05) is 19.0 Å². The highest BCUT2D eigenvalue weighted by Crippen LogP contribution is 2.36. The van der Waals surface area contributed by atoms with Gasteiger partial charge in [0.2, 0.25) is 0 Å². The van der Waals surface area contributed by atoms with Gasteiger partial charge in [-0.25, -0.2) is 0 Å². The predicted octanol–water partition coefficient (Wildman–Crippen LogP) is 5.20. The van der Waals surface area contributed by atoms with Crippen LogP contribution >= 0.6 is 0 Å². The molecule has 3 aromatic carbocycles. The van der Waals surface area contributed by atoms with Crippen LogP contribution in [0.4, 0.5) is 5.69 Å². The van der Waals surface area contributed by atoms with Crippen molar-refractivity contribution >= 4 is 39.3 Å². The lowest BCUT2D eigenvalue weighted by molar-refractivity contribution is -0.118. The summed E-state index contributed by atoms with van der Waals surface area (Å²) in [6.07, 6.45) is 0.444. The maximum absolute atomic E-state index is 12.4. The number of amides is 1. The second-order valence-corrected chi connectivity index (χ2v) is 6.78. The van der Waals surface area contributed by atoms with E-state index in [4.69, 9.17) is 13.9 Å². The third-order valence-electron chi connectivity index (χ3n) is 4.84. The molecular weight excluding hydrogens is 382 g/mol. The Hall–Kier alpha value is -3.80. The van der Waals surface area contributed by atoms with Crippen LogP contribution in [0.25, 0.3) is 21.9 Å². The molecule has 0 unspecified atom stereocenters. The lowest BCUT2D eigenvalue weighted by Crippen LogP contribution is -2.20. The highest BCUT2D eigenvalue weighted by Gasteiger charge is 2.14. The van der Waals surface area contributed by atoms with Crippen molar-refractivity contribution in [3.8, 4) is 11.5 Å². The normalized spacial score (nSPS) is 10.9. The summed E-state index contributed by atoms with van der Waals surface area (Å²) in [5.74, 6) is 0.771. The molecule has 6 heteroatoms. The Morgan fingerprint density at radius 3 is 2.47 bits per heavy atom. The minimum Gasteiger partial charge on any atom is -0.495 e. The number of methoxy groups -OCH3 is 1. The number of furan rings is 1. The zero-order valence-corrected chi connectivity index (χ0v) is 16.7. The number of benzene rings is 3. The van der Waals surface area contributed by atoms with E-state index >= 15 is 0 Å². The Balaban J connectivity index is 1.48. The van der Waals surface area contributed by atoms with Crippen molar-refractivity contribution in [3.63, 3.8) is 0 Å². The predicted molar refractivity (Wildman–Crippen MR) is 115 cm³/mol. The number of hydrogen-bond acceptors (Lipinski definition) is 5. The third kappa shape index (κ3) is 3.85. The van der Waals surface area contributed by atoms with Gasteiger partial charge >= 0.3 is 0 Å². The summed E-state index contributed by atoms with van der Waals surface area (Å²) in [6, 6.07) is 18.1. The summed E-state index contributed by atoms with van der Waals surface area (Å²) in [7, 11) is 1.55. The van der Waals surface area contributed by atoms with E-state index in [2.05, 4.69) is 5.32 Å². The molecule has 6 nitrogen and oxygen atoms in total. The summed E-state index contributed by atoms with van der Waals surface area (Å²) in [5, 5.41) is 4.70. The van der Waals surface area contributed by atoms with Crippen LogP contribution in [-0.4, -0.2) is 25.4 Å². The number of ether oxygens (including phenoxy) is 2. The fourth-order valence-electron chi connectivity index (χ4n) is 3.29. The van der Waals surface area contributed by atoms with E-state index in [0.717, 1.165) is 16.4 Å². The van der Waals surface area contributed by atoms with Gasteiger partial charge in [0.1, 0.15) is 22.7 Å². The lowest BCUT2D eigenvalue weighted by Gasteiger charge is -2.11. The second kappa shape index (κ2) is 8.29. The van der Waals surface area contributed by atoms with Crippen LogP contribution in [0.1, 0.15) is 23.7 Å². The number of Topliss-reactive ketones (excluding diaryl/α,β-unsaturated/α-hetero) is 1.